The first-order valence-electron chi connectivity index (χ1n) is 5.00. The average molecular weight is 192 g/mol. The van der Waals surface area contributed by atoms with Crippen LogP contribution in [-0.4, -0.2) is 18.3 Å². The van der Waals surface area contributed by atoms with Gasteiger partial charge in [-0.2, -0.15) is 0 Å². The summed E-state index contributed by atoms with van der Waals surface area (Å²) in [4.78, 5) is 0. The van der Waals surface area contributed by atoms with E-state index in [1.165, 1.54) is 5.56 Å². The topological polar surface area (TPSA) is 29.5 Å². The van der Waals surface area contributed by atoms with Gasteiger partial charge in [-0.15, -0.1) is 0 Å². The van der Waals surface area contributed by atoms with E-state index in [1.54, 1.807) is 7.11 Å². The number of aliphatic hydroxyl groups excluding tert-OH is 1. The number of hydrogen-bond donors (Lipinski definition) is 1. The van der Waals surface area contributed by atoms with Crippen LogP contribution in [0, 0.1) is 0 Å². The molecule has 0 saturated carbocycles. The van der Waals surface area contributed by atoms with Gasteiger partial charge in [-0.1, -0.05) is 24.3 Å². The Kier molecular flexibility index (Phi) is 2.33. The molecular weight excluding hydrogens is 176 g/mol. The lowest BCUT2D eigenvalue weighted by atomic mass is 9.78. The number of aliphatic hydroxyl groups is 1. The molecule has 2 atom stereocenters. The number of ether oxygens (including phenoxy) is 1. The fraction of sp³-hybridized carbons (Fsp3) is 0.500. The molecule has 0 aromatic heterocycles. The Labute approximate surface area is 84.5 Å². The lowest BCUT2D eigenvalue weighted by molar-refractivity contribution is -0.104. The molecule has 0 spiro atoms. The molecule has 76 valence electrons. The van der Waals surface area contributed by atoms with Crippen molar-refractivity contribution in [3.8, 4) is 0 Å². The van der Waals surface area contributed by atoms with Crippen molar-refractivity contribution in [3.63, 3.8) is 0 Å². The van der Waals surface area contributed by atoms with Gasteiger partial charge >= 0.3 is 0 Å². The second-order valence-electron chi connectivity index (χ2n) is 4.02. The zero-order chi connectivity index (χ0) is 10.2. The molecule has 2 nitrogen and oxygen atoms in total. The highest BCUT2D eigenvalue weighted by Crippen LogP contribution is 2.37. The fourth-order valence-corrected chi connectivity index (χ4v) is 2.22. The number of hydrogen-bond acceptors (Lipinski definition) is 2. The minimum Gasteiger partial charge on any atom is -0.390 e. The monoisotopic (exact) mass is 192 g/mol. The summed E-state index contributed by atoms with van der Waals surface area (Å²) in [5.41, 5.74) is 1.89. The highest BCUT2D eigenvalue weighted by molar-refractivity contribution is 5.35. The van der Waals surface area contributed by atoms with E-state index in [1.807, 2.05) is 25.1 Å². The van der Waals surface area contributed by atoms with Crippen LogP contribution in [-0.2, 0) is 16.8 Å². The van der Waals surface area contributed by atoms with E-state index in [0.717, 1.165) is 18.4 Å². The van der Waals surface area contributed by atoms with Crippen molar-refractivity contribution in [1.82, 2.24) is 0 Å². The first-order chi connectivity index (χ1) is 6.68. The third-order valence-corrected chi connectivity index (χ3v) is 3.30. The Morgan fingerprint density at radius 3 is 2.86 bits per heavy atom. The van der Waals surface area contributed by atoms with Gasteiger partial charge in [-0.25, -0.2) is 0 Å². The maximum Gasteiger partial charge on any atom is 0.116 e. The lowest BCUT2D eigenvalue weighted by Gasteiger charge is -2.38. The minimum atomic E-state index is -0.533. The van der Waals surface area contributed by atoms with Gasteiger partial charge in [0.2, 0.25) is 0 Å². The van der Waals surface area contributed by atoms with Crippen LogP contribution in [0.3, 0.4) is 0 Å². The minimum absolute atomic E-state index is 0.401. The molecule has 1 aromatic carbocycles. The average Bonchev–Trinajstić information content (AvgIpc) is 2.24. The fourth-order valence-electron chi connectivity index (χ4n) is 2.22. The molecule has 0 fully saturated rings. The Hall–Kier alpha value is -0.860. The molecule has 0 unspecified atom stereocenters. The molecule has 0 radical (unpaired) electrons. The van der Waals surface area contributed by atoms with Crippen LogP contribution in [0.1, 0.15) is 24.5 Å². The van der Waals surface area contributed by atoms with E-state index < -0.39 is 11.7 Å². The van der Waals surface area contributed by atoms with E-state index >= 15 is 0 Å². The number of benzene rings is 1. The molecule has 2 rings (SSSR count). The van der Waals surface area contributed by atoms with Crippen LogP contribution in [0.4, 0.5) is 0 Å². The summed E-state index contributed by atoms with van der Waals surface area (Å²) in [6.07, 6.45) is 1.32. The Bertz CT molecular complexity index is 335. The van der Waals surface area contributed by atoms with Crippen LogP contribution in [0.5, 0.6) is 0 Å². The summed E-state index contributed by atoms with van der Waals surface area (Å²) in [6.45, 7) is 1.95. The normalized spacial score (nSPS) is 31.2. The van der Waals surface area contributed by atoms with Crippen molar-refractivity contribution in [2.75, 3.05) is 7.11 Å². The standard InChI is InChI=1S/C12H16O2/c1-12(14-2)10-6-4-3-5-9(10)7-8-11(12)13/h3-6,11,13H,7-8H2,1-2H3/t11-,12-/m1/s1. The van der Waals surface area contributed by atoms with E-state index in [-0.39, 0.29) is 0 Å². The van der Waals surface area contributed by atoms with E-state index in [2.05, 4.69) is 6.07 Å². The predicted octanol–water partition coefficient (Wildman–Crippen LogP) is 1.86. The van der Waals surface area contributed by atoms with Gasteiger partial charge in [-0.3, -0.25) is 0 Å². The van der Waals surface area contributed by atoms with Gasteiger partial charge in [0.1, 0.15) is 5.60 Å². The zero-order valence-electron chi connectivity index (χ0n) is 8.66. The third kappa shape index (κ3) is 1.26. The highest BCUT2D eigenvalue weighted by Gasteiger charge is 2.39. The van der Waals surface area contributed by atoms with Crippen molar-refractivity contribution < 1.29 is 9.84 Å². The molecule has 2 heteroatoms. The van der Waals surface area contributed by atoms with Crippen LogP contribution >= 0.6 is 0 Å². The SMILES string of the molecule is CO[C@]1(C)c2ccccc2CC[C@H]1O. The van der Waals surface area contributed by atoms with Gasteiger partial charge < -0.3 is 9.84 Å². The summed E-state index contributed by atoms with van der Waals surface area (Å²) in [6, 6.07) is 8.18. The summed E-state index contributed by atoms with van der Waals surface area (Å²) < 4.78 is 5.47. The second-order valence-corrected chi connectivity index (χ2v) is 4.02. The Balaban J connectivity index is 2.52. The second kappa shape index (κ2) is 3.37. The van der Waals surface area contributed by atoms with Gasteiger partial charge in [0.05, 0.1) is 6.10 Å². The predicted molar refractivity (Wildman–Crippen MR) is 55.1 cm³/mol. The zero-order valence-corrected chi connectivity index (χ0v) is 8.66. The van der Waals surface area contributed by atoms with Gasteiger partial charge in [-0.05, 0) is 30.9 Å². The van der Waals surface area contributed by atoms with Gasteiger partial charge in [0.25, 0.3) is 0 Å². The van der Waals surface area contributed by atoms with E-state index in [0.29, 0.717) is 0 Å². The molecule has 14 heavy (non-hydrogen) atoms. The molecule has 0 saturated heterocycles. The maximum absolute atomic E-state index is 9.95. The molecule has 1 aliphatic carbocycles. The number of fused-ring (bicyclic) bond motifs is 1. The molecule has 0 bridgehead atoms. The first-order valence-corrected chi connectivity index (χ1v) is 5.00. The molecular formula is C12H16O2. The molecule has 0 heterocycles. The maximum atomic E-state index is 9.95. The molecule has 1 aromatic rings. The summed E-state index contributed by atoms with van der Waals surface area (Å²) in [7, 11) is 1.66. The molecule has 1 aliphatic rings. The first kappa shape index (κ1) is 9.69. The van der Waals surface area contributed by atoms with Crippen LogP contribution < -0.4 is 0 Å². The van der Waals surface area contributed by atoms with Gasteiger partial charge in [0, 0.05) is 7.11 Å². The van der Waals surface area contributed by atoms with Crippen molar-refractivity contribution in [2.24, 2.45) is 0 Å². The van der Waals surface area contributed by atoms with Crippen LogP contribution in [0.2, 0.25) is 0 Å². The van der Waals surface area contributed by atoms with Gasteiger partial charge in [0.15, 0.2) is 0 Å². The van der Waals surface area contributed by atoms with Crippen LogP contribution in [0.25, 0.3) is 0 Å². The van der Waals surface area contributed by atoms with E-state index in [4.69, 9.17) is 4.74 Å². The quantitative estimate of drug-likeness (QED) is 0.736. The Morgan fingerprint density at radius 1 is 1.43 bits per heavy atom. The largest absolute Gasteiger partial charge is 0.390 e. The van der Waals surface area contributed by atoms with Crippen molar-refractivity contribution >= 4 is 0 Å². The smallest absolute Gasteiger partial charge is 0.116 e. The number of methoxy groups -OCH3 is 1. The van der Waals surface area contributed by atoms with Crippen molar-refractivity contribution in [2.45, 2.75) is 31.5 Å². The number of rotatable bonds is 1. The molecule has 1 N–H and O–H groups in total. The van der Waals surface area contributed by atoms with Crippen molar-refractivity contribution in [1.29, 1.82) is 0 Å². The molecule has 0 amide bonds. The lowest BCUT2D eigenvalue weighted by Crippen LogP contribution is -2.42. The third-order valence-electron chi connectivity index (χ3n) is 3.30. The summed E-state index contributed by atoms with van der Waals surface area (Å²) in [5, 5.41) is 9.95. The van der Waals surface area contributed by atoms with E-state index in [9.17, 15) is 5.11 Å². The summed E-state index contributed by atoms with van der Waals surface area (Å²) in [5.74, 6) is 0. The number of aryl methyl sites for hydroxylation is 1. The highest BCUT2D eigenvalue weighted by atomic mass is 16.5. The van der Waals surface area contributed by atoms with Crippen molar-refractivity contribution in [3.05, 3.63) is 35.4 Å². The Morgan fingerprint density at radius 2 is 2.14 bits per heavy atom. The van der Waals surface area contributed by atoms with Crippen LogP contribution in [0.15, 0.2) is 24.3 Å². The summed E-state index contributed by atoms with van der Waals surface area (Å²) >= 11 is 0. The molecule has 0 aliphatic heterocycles.